The number of hydrogen-bond acceptors (Lipinski definition) is 5. The molecule has 0 atom stereocenters. The van der Waals surface area contributed by atoms with E-state index < -0.39 is 16.0 Å². The van der Waals surface area contributed by atoms with Crippen LogP contribution in [0.1, 0.15) is 29.8 Å². The zero-order valence-corrected chi connectivity index (χ0v) is 17.3. The van der Waals surface area contributed by atoms with Gasteiger partial charge in [-0.1, -0.05) is 12.1 Å². The average Bonchev–Trinajstić information content (AvgIpc) is 3.26. The molecule has 29 heavy (non-hydrogen) atoms. The third-order valence-electron chi connectivity index (χ3n) is 4.57. The van der Waals surface area contributed by atoms with E-state index in [4.69, 9.17) is 4.74 Å². The molecule has 7 nitrogen and oxygen atoms in total. The molecule has 0 aliphatic carbocycles. The van der Waals surface area contributed by atoms with Crippen LogP contribution in [-0.2, 0) is 21.4 Å². The van der Waals surface area contributed by atoms with E-state index in [0.29, 0.717) is 5.56 Å². The fourth-order valence-electron chi connectivity index (χ4n) is 2.61. The maximum Gasteiger partial charge on any atom is 0.338 e. The molecule has 0 aliphatic rings. The number of esters is 1. The number of benzene rings is 2. The normalized spacial score (nSPS) is 11.8. The van der Waals surface area contributed by atoms with Crippen molar-refractivity contribution in [3.63, 3.8) is 0 Å². The SMILES string of the molecule is CC(C)N(C)S(=O)(=O)c1ccc(C(=O)OCc2ccc(-n3cccn3)cc2)cc1. The molecule has 0 saturated carbocycles. The average molecular weight is 413 g/mol. The first-order valence-electron chi connectivity index (χ1n) is 9.13. The third kappa shape index (κ3) is 4.72. The maximum atomic E-state index is 12.5. The summed E-state index contributed by atoms with van der Waals surface area (Å²) in [4.78, 5) is 12.4. The van der Waals surface area contributed by atoms with Gasteiger partial charge in [0.2, 0.25) is 10.0 Å². The number of ether oxygens (including phenoxy) is 1. The van der Waals surface area contributed by atoms with Gasteiger partial charge in [-0.2, -0.15) is 9.40 Å². The highest BCUT2D eigenvalue weighted by molar-refractivity contribution is 7.89. The molecule has 1 aromatic heterocycles. The number of sulfonamides is 1. The monoisotopic (exact) mass is 413 g/mol. The second kappa shape index (κ2) is 8.59. The summed E-state index contributed by atoms with van der Waals surface area (Å²) in [5.41, 5.74) is 2.05. The van der Waals surface area contributed by atoms with Crippen LogP contribution >= 0.6 is 0 Å². The lowest BCUT2D eigenvalue weighted by Crippen LogP contribution is -2.33. The fraction of sp³-hybridized carbons (Fsp3) is 0.238. The Bertz CT molecular complexity index is 1060. The highest BCUT2D eigenvalue weighted by atomic mass is 32.2. The molecule has 0 saturated heterocycles. The van der Waals surface area contributed by atoms with Gasteiger partial charge in [-0.05, 0) is 61.9 Å². The van der Waals surface area contributed by atoms with Gasteiger partial charge in [-0.25, -0.2) is 17.9 Å². The summed E-state index contributed by atoms with van der Waals surface area (Å²) in [5, 5.41) is 4.16. The zero-order chi connectivity index (χ0) is 21.0. The minimum absolute atomic E-state index is 0.119. The van der Waals surface area contributed by atoms with Crippen LogP contribution in [0.25, 0.3) is 5.69 Å². The highest BCUT2D eigenvalue weighted by Crippen LogP contribution is 2.18. The van der Waals surface area contributed by atoms with E-state index in [-0.39, 0.29) is 17.5 Å². The molecule has 0 fully saturated rings. The third-order valence-corrected chi connectivity index (χ3v) is 6.62. The first-order valence-corrected chi connectivity index (χ1v) is 10.6. The summed E-state index contributed by atoms with van der Waals surface area (Å²) in [6.07, 6.45) is 3.55. The summed E-state index contributed by atoms with van der Waals surface area (Å²) >= 11 is 0. The molecule has 0 aliphatic heterocycles. The van der Waals surface area contributed by atoms with Gasteiger partial charge in [0.1, 0.15) is 6.61 Å². The molecular formula is C21H23N3O4S. The standard InChI is InChI=1S/C21H23N3O4S/c1-16(2)23(3)29(26,27)20-11-7-18(8-12-20)21(25)28-15-17-5-9-19(10-6-17)24-14-4-13-22-24/h4-14,16H,15H2,1-3H3. The van der Waals surface area contributed by atoms with Gasteiger partial charge in [0.05, 0.1) is 16.1 Å². The molecule has 152 valence electrons. The van der Waals surface area contributed by atoms with Crippen molar-refractivity contribution < 1.29 is 17.9 Å². The lowest BCUT2D eigenvalue weighted by atomic mass is 10.2. The van der Waals surface area contributed by atoms with Crippen LogP contribution in [0.5, 0.6) is 0 Å². The van der Waals surface area contributed by atoms with Crippen molar-refractivity contribution in [3.8, 4) is 5.69 Å². The van der Waals surface area contributed by atoms with Crippen LogP contribution in [0.3, 0.4) is 0 Å². The summed E-state index contributed by atoms with van der Waals surface area (Å²) < 4.78 is 33.3. The van der Waals surface area contributed by atoms with Gasteiger partial charge in [0, 0.05) is 25.5 Å². The van der Waals surface area contributed by atoms with Crippen molar-refractivity contribution in [2.75, 3.05) is 7.05 Å². The van der Waals surface area contributed by atoms with Crippen LogP contribution in [0.15, 0.2) is 71.9 Å². The Morgan fingerprint density at radius 1 is 1.10 bits per heavy atom. The summed E-state index contributed by atoms with van der Waals surface area (Å²) in [6.45, 7) is 3.71. The second-order valence-corrected chi connectivity index (χ2v) is 8.83. The van der Waals surface area contributed by atoms with Crippen LogP contribution < -0.4 is 0 Å². The van der Waals surface area contributed by atoms with E-state index in [1.54, 1.807) is 24.7 Å². The molecule has 0 bridgehead atoms. The van der Waals surface area contributed by atoms with Crippen LogP contribution in [0.4, 0.5) is 0 Å². The molecule has 0 spiro atoms. The number of rotatable bonds is 7. The minimum Gasteiger partial charge on any atom is -0.457 e. The van der Waals surface area contributed by atoms with Crippen molar-refractivity contribution in [2.45, 2.75) is 31.4 Å². The van der Waals surface area contributed by atoms with Gasteiger partial charge in [-0.15, -0.1) is 0 Å². The molecule has 0 unspecified atom stereocenters. The van der Waals surface area contributed by atoms with Crippen molar-refractivity contribution in [2.24, 2.45) is 0 Å². The van der Waals surface area contributed by atoms with Crippen molar-refractivity contribution >= 4 is 16.0 Å². The smallest absolute Gasteiger partial charge is 0.338 e. The summed E-state index contributed by atoms with van der Waals surface area (Å²) in [5.74, 6) is -0.512. The van der Waals surface area contributed by atoms with Crippen molar-refractivity contribution in [1.82, 2.24) is 14.1 Å². The lowest BCUT2D eigenvalue weighted by molar-refractivity contribution is 0.0472. The Labute approximate surface area is 170 Å². The Kier molecular flexibility index (Phi) is 6.14. The minimum atomic E-state index is -3.58. The van der Waals surface area contributed by atoms with Gasteiger partial charge in [0.15, 0.2) is 0 Å². The fourth-order valence-corrected chi connectivity index (χ4v) is 3.97. The van der Waals surface area contributed by atoms with E-state index in [1.165, 1.54) is 35.6 Å². The van der Waals surface area contributed by atoms with Gasteiger partial charge in [-0.3, -0.25) is 0 Å². The number of carbonyl (C=O) groups excluding carboxylic acids is 1. The molecule has 3 rings (SSSR count). The first kappa shape index (κ1) is 20.8. The van der Waals surface area contributed by atoms with Gasteiger partial charge >= 0.3 is 5.97 Å². The number of nitrogens with zero attached hydrogens (tertiary/aromatic N) is 3. The molecule has 0 N–H and O–H groups in total. The predicted octanol–water partition coefficient (Wildman–Crippen LogP) is 3.26. The van der Waals surface area contributed by atoms with Crippen LogP contribution in [0.2, 0.25) is 0 Å². The van der Waals surface area contributed by atoms with E-state index in [2.05, 4.69) is 5.10 Å². The topological polar surface area (TPSA) is 81.5 Å². The molecule has 0 radical (unpaired) electrons. The number of aromatic nitrogens is 2. The largest absolute Gasteiger partial charge is 0.457 e. The molecule has 3 aromatic rings. The molecule has 8 heteroatoms. The number of hydrogen-bond donors (Lipinski definition) is 0. The summed E-state index contributed by atoms with van der Waals surface area (Å²) in [6, 6.07) is 14.9. The van der Waals surface area contributed by atoms with E-state index in [1.807, 2.05) is 36.5 Å². The Hall–Kier alpha value is -2.97. The summed E-state index contributed by atoms with van der Waals surface area (Å²) in [7, 11) is -2.06. The number of carbonyl (C=O) groups is 1. The quantitative estimate of drug-likeness (QED) is 0.556. The van der Waals surface area contributed by atoms with Crippen LogP contribution in [-0.4, -0.2) is 41.6 Å². The second-order valence-electron chi connectivity index (χ2n) is 6.83. The lowest BCUT2D eigenvalue weighted by Gasteiger charge is -2.20. The predicted molar refractivity (Wildman–Crippen MR) is 109 cm³/mol. The molecule has 2 aromatic carbocycles. The van der Waals surface area contributed by atoms with Gasteiger partial charge < -0.3 is 4.74 Å². The van der Waals surface area contributed by atoms with Crippen LogP contribution in [0, 0.1) is 0 Å². The Balaban J connectivity index is 1.62. The first-order chi connectivity index (χ1) is 13.8. The van der Waals surface area contributed by atoms with Crippen molar-refractivity contribution in [3.05, 3.63) is 78.1 Å². The molecular weight excluding hydrogens is 390 g/mol. The van der Waals surface area contributed by atoms with Crippen molar-refractivity contribution in [1.29, 1.82) is 0 Å². The van der Waals surface area contributed by atoms with E-state index in [9.17, 15) is 13.2 Å². The molecule has 1 heterocycles. The van der Waals surface area contributed by atoms with Gasteiger partial charge in [0.25, 0.3) is 0 Å². The Morgan fingerprint density at radius 2 is 1.76 bits per heavy atom. The Morgan fingerprint density at radius 3 is 2.31 bits per heavy atom. The van der Waals surface area contributed by atoms with E-state index in [0.717, 1.165) is 11.3 Å². The maximum absolute atomic E-state index is 12.5. The van der Waals surface area contributed by atoms with E-state index >= 15 is 0 Å². The highest BCUT2D eigenvalue weighted by Gasteiger charge is 2.23. The molecule has 0 amide bonds. The zero-order valence-electron chi connectivity index (χ0n) is 16.5.